The normalized spacial score (nSPS) is 0. The third kappa shape index (κ3) is 154. The van der Waals surface area contributed by atoms with E-state index in [1.165, 1.54) is 0 Å². The topological polar surface area (TPSA) is 148 Å². The van der Waals surface area contributed by atoms with E-state index in [-0.39, 0.29) is 67.8 Å². The molecule has 0 aromatic carbocycles. The van der Waals surface area contributed by atoms with Gasteiger partial charge in [0.15, 0.2) is 0 Å². The Kier molecular flexibility index (Phi) is 10800. The summed E-state index contributed by atoms with van der Waals surface area (Å²) < 4.78 is 0. The molecule has 0 fully saturated rings. The number of hydrogen-bond donors (Lipinski definition) is 0. The monoisotopic (exact) mass is 262 g/mol. The van der Waals surface area contributed by atoms with Gasteiger partial charge >= 0.3 is 40.4 Å². The molecule has 0 unspecified atom stereocenters. The Morgan fingerprint density at radius 2 is 0.571 bits per heavy atom. The minimum absolute atomic E-state index is 0. The maximum atomic E-state index is 0. The van der Waals surface area contributed by atoms with Crippen LogP contribution in [-0.2, 0) is 32.9 Å². The molecule has 0 radical (unpaired) electrons. The van der Waals surface area contributed by atoms with Gasteiger partial charge in [-0.05, 0) is 0 Å². The molecule has 0 aliphatic carbocycles. The average Bonchev–Trinajstić information content (AvgIpc) is 0. The quantitative estimate of drug-likeness (QED) is 0.428. The second-order valence-electron chi connectivity index (χ2n) is 0. The molecule has 5 nitrogen and oxygen atoms in total. The Bertz CT molecular complexity index is 8.04. The van der Waals surface area contributed by atoms with E-state index in [0.29, 0.717) is 0 Å². The molecule has 0 bridgehead atoms. The summed E-state index contributed by atoms with van der Waals surface area (Å²) in [5.74, 6) is 0. The molecule has 0 atom stereocenters. The third-order valence-corrected chi connectivity index (χ3v) is 0. The van der Waals surface area contributed by atoms with Crippen molar-refractivity contribution in [1.82, 2.24) is 0 Å². The predicted octanol–water partition coefficient (Wildman–Crippen LogP) is -2.39. The van der Waals surface area contributed by atoms with Crippen molar-refractivity contribution in [2.75, 3.05) is 0 Å². The van der Waals surface area contributed by atoms with Crippen molar-refractivity contribution in [3.8, 4) is 0 Å². The number of hydrogen-bond acceptors (Lipinski definition) is 0. The first-order valence-corrected chi connectivity index (χ1v) is 0. The Labute approximate surface area is 67.9 Å². The molecule has 7 heavy (non-hydrogen) atoms. The number of rotatable bonds is 0. The Morgan fingerprint density at radius 3 is 0.571 bits per heavy atom. The van der Waals surface area contributed by atoms with Crippen molar-refractivity contribution in [2.24, 2.45) is 0 Å². The first-order valence-electron chi connectivity index (χ1n) is 0. The van der Waals surface area contributed by atoms with Crippen LogP contribution in [0.5, 0.6) is 0 Å². The van der Waals surface area contributed by atoms with Gasteiger partial charge in [-0.2, -0.15) is 0 Å². The van der Waals surface area contributed by atoms with E-state index in [1.807, 2.05) is 0 Å². The van der Waals surface area contributed by atoms with Crippen molar-refractivity contribution >= 4 is 23.9 Å². The zero-order chi connectivity index (χ0) is 0. The van der Waals surface area contributed by atoms with Gasteiger partial charge in [-0.25, -0.2) is 0 Å². The van der Waals surface area contributed by atoms with Crippen molar-refractivity contribution < 1.29 is 43.9 Å². The molecule has 0 saturated heterocycles. The molecule has 0 amide bonds. The Balaban J connectivity index is 0. The van der Waals surface area contributed by atoms with Gasteiger partial charge < -0.3 is 27.4 Å². The SMILES string of the molecule is O.O.[Ni+2].[O-2].[O-2].[O-2].[Sn+4]. The second-order valence-corrected chi connectivity index (χ2v) is 0. The van der Waals surface area contributed by atoms with E-state index >= 15 is 0 Å². The van der Waals surface area contributed by atoms with Crippen LogP contribution in [0.4, 0.5) is 0 Å². The van der Waals surface area contributed by atoms with Crippen molar-refractivity contribution in [3.05, 3.63) is 0 Å². The second kappa shape index (κ2) is 221. The van der Waals surface area contributed by atoms with Crippen LogP contribution < -0.4 is 0 Å². The predicted molar refractivity (Wildman–Crippen MR) is 15.0 cm³/mol. The van der Waals surface area contributed by atoms with Crippen LogP contribution in [0.3, 0.4) is 0 Å². The first-order chi connectivity index (χ1) is 0. The zero-order valence-corrected chi connectivity index (χ0v) is 6.88. The van der Waals surface area contributed by atoms with E-state index in [0.717, 1.165) is 0 Å². The zero-order valence-electron chi connectivity index (χ0n) is 3.04. The van der Waals surface area contributed by atoms with Crippen LogP contribution in [0.15, 0.2) is 0 Å². The summed E-state index contributed by atoms with van der Waals surface area (Å²) in [6.07, 6.45) is 0. The van der Waals surface area contributed by atoms with Crippen LogP contribution in [0.2, 0.25) is 0 Å². The minimum atomic E-state index is 0. The summed E-state index contributed by atoms with van der Waals surface area (Å²) in [6, 6.07) is 0. The summed E-state index contributed by atoms with van der Waals surface area (Å²) in [6.45, 7) is 0. The fourth-order valence-electron chi connectivity index (χ4n) is 0. The van der Waals surface area contributed by atoms with E-state index < -0.39 is 0 Å². The average molecular weight is 261 g/mol. The molecule has 0 spiro atoms. The van der Waals surface area contributed by atoms with Gasteiger partial charge in [0.1, 0.15) is 0 Å². The van der Waals surface area contributed by atoms with E-state index in [4.69, 9.17) is 0 Å². The van der Waals surface area contributed by atoms with Gasteiger partial charge in [0.25, 0.3) is 0 Å². The largest absolute Gasteiger partial charge is 4.00 e. The standard InChI is InChI=1S/Ni.2H2O.3O.Sn/h;2*1H2;;;;/q+2;;;3*-2;+4. The van der Waals surface area contributed by atoms with Gasteiger partial charge in [-0.3, -0.25) is 0 Å². The summed E-state index contributed by atoms with van der Waals surface area (Å²) in [5.41, 5.74) is 0. The fraction of sp³-hybridized carbons (Fsp3) is 0. The first kappa shape index (κ1) is 341. The summed E-state index contributed by atoms with van der Waals surface area (Å²) >= 11 is 0. The molecule has 0 saturated carbocycles. The molecule has 48 valence electrons. The molecular weight excluding hydrogens is 257 g/mol. The van der Waals surface area contributed by atoms with Crippen molar-refractivity contribution in [2.45, 2.75) is 0 Å². The third-order valence-electron chi connectivity index (χ3n) is 0. The molecule has 4 N–H and O–H groups in total. The van der Waals surface area contributed by atoms with Crippen molar-refractivity contribution in [1.29, 1.82) is 0 Å². The summed E-state index contributed by atoms with van der Waals surface area (Å²) in [7, 11) is 0. The molecule has 0 rings (SSSR count). The van der Waals surface area contributed by atoms with Crippen LogP contribution in [-0.4, -0.2) is 34.9 Å². The van der Waals surface area contributed by atoms with Gasteiger partial charge in [0, 0.05) is 0 Å². The molecule has 7 heteroatoms. The van der Waals surface area contributed by atoms with Gasteiger partial charge in [0.2, 0.25) is 0 Å². The Morgan fingerprint density at radius 1 is 0.571 bits per heavy atom. The summed E-state index contributed by atoms with van der Waals surface area (Å²) in [4.78, 5) is 0. The molecule has 0 aliphatic rings. The van der Waals surface area contributed by atoms with E-state index in [1.54, 1.807) is 0 Å². The van der Waals surface area contributed by atoms with Gasteiger partial charge in [0.05, 0.1) is 0 Å². The van der Waals surface area contributed by atoms with Crippen LogP contribution in [0.1, 0.15) is 0 Å². The van der Waals surface area contributed by atoms with Crippen molar-refractivity contribution in [3.63, 3.8) is 0 Å². The van der Waals surface area contributed by atoms with Crippen LogP contribution >= 0.6 is 0 Å². The molecule has 0 aromatic rings. The molecule has 0 aromatic heterocycles. The maximum Gasteiger partial charge on any atom is 4.00 e. The molecular formula is H4NiO5Sn. The van der Waals surface area contributed by atoms with Gasteiger partial charge in [-0.15, -0.1) is 0 Å². The Hall–Kier alpha value is 1.09. The van der Waals surface area contributed by atoms with E-state index in [2.05, 4.69) is 0 Å². The minimum Gasteiger partial charge on any atom is -2.00 e. The van der Waals surface area contributed by atoms with Gasteiger partial charge in [-0.1, -0.05) is 0 Å². The maximum absolute atomic E-state index is 0. The van der Waals surface area contributed by atoms with Crippen LogP contribution in [0.25, 0.3) is 0 Å². The molecule has 0 heterocycles. The smallest absolute Gasteiger partial charge is 2.00 e. The fourth-order valence-corrected chi connectivity index (χ4v) is 0. The van der Waals surface area contributed by atoms with E-state index in [9.17, 15) is 0 Å². The molecule has 0 aliphatic heterocycles. The van der Waals surface area contributed by atoms with Crippen LogP contribution in [0, 0.1) is 0 Å². The summed E-state index contributed by atoms with van der Waals surface area (Å²) in [5, 5.41) is 0.